The van der Waals surface area contributed by atoms with Crippen molar-refractivity contribution in [1.29, 1.82) is 0 Å². The molecule has 2 N–H and O–H groups in total. The third kappa shape index (κ3) is 3.23. The molecular weight excluding hydrogens is 412 g/mol. The highest BCUT2D eigenvalue weighted by atomic mass is 79.9. The Bertz CT molecular complexity index is 1160. The van der Waals surface area contributed by atoms with Crippen molar-refractivity contribution in [2.24, 2.45) is 0 Å². The average Bonchev–Trinajstić information content (AvgIpc) is 3.26. The van der Waals surface area contributed by atoms with E-state index in [0.717, 1.165) is 35.3 Å². The molecule has 3 heterocycles. The summed E-state index contributed by atoms with van der Waals surface area (Å²) in [5, 5.41) is 4.47. The Morgan fingerprint density at radius 3 is 2.78 bits per heavy atom. The zero-order valence-electron chi connectivity index (χ0n) is 15.1. The number of ether oxygens (including phenoxy) is 1. The molecule has 0 fully saturated rings. The monoisotopic (exact) mass is 431 g/mol. The van der Waals surface area contributed by atoms with Crippen LogP contribution in [0, 0.1) is 0 Å². The zero-order chi connectivity index (χ0) is 19.0. The number of unbranched alkanes of at least 4 members (excludes halogenated alkanes) is 1. The maximum Gasteiger partial charge on any atom is 0.409 e. The van der Waals surface area contributed by atoms with Crippen LogP contribution in [0.4, 0.5) is 0 Å². The molecule has 140 valence electrons. The first-order chi connectivity index (χ1) is 13.1. The molecule has 8 nitrogen and oxygen atoms in total. The van der Waals surface area contributed by atoms with Crippen molar-refractivity contribution in [1.82, 2.24) is 24.1 Å². The number of hydrogen-bond acceptors (Lipinski definition) is 4. The summed E-state index contributed by atoms with van der Waals surface area (Å²) < 4.78 is 8.97. The number of rotatable bonds is 6. The van der Waals surface area contributed by atoms with Crippen LogP contribution in [0.3, 0.4) is 0 Å². The van der Waals surface area contributed by atoms with Crippen LogP contribution >= 0.6 is 15.9 Å². The molecule has 0 unspecified atom stereocenters. The summed E-state index contributed by atoms with van der Waals surface area (Å²) in [6, 6.07) is 7.74. The first-order valence-electron chi connectivity index (χ1n) is 8.82. The van der Waals surface area contributed by atoms with E-state index in [1.54, 1.807) is 11.7 Å². The Balaban J connectivity index is 1.81. The van der Waals surface area contributed by atoms with Crippen molar-refractivity contribution in [2.45, 2.75) is 32.7 Å². The van der Waals surface area contributed by atoms with E-state index in [9.17, 15) is 4.79 Å². The molecule has 0 radical (unpaired) electrons. The van der Waals surface area contributed by atoms with E-state index in [4.69, 9.17) is 4.74 Å². The summed E-state index contributed by atoms with van der Waals surface area (Å²) in [7, 11) is 1.64. The van der Waals surface area contributed by atoms with E-state index in [1.165, 1.54) is 4.52 Å². The van der Waals surface area contributed by atoms with Crippen LogP contribution < -0.4 is 15.4 Å². The number of aryl methyl sites for hydroxylation is 1. The van der Waals surface area contributed by atoms with E-state index in [2.05, 4.69) is 42.9 Å². The number of fused-ring (bicyclic) bond motifs is 3. The molecular formula is C18H20BrN6O2+. The van der Waals surface area contributed by atoms with Gasteiger partial charge in [0.2, 0.25) is 11.2 Å². The molecule has 0 aliphatic rings. The maximum absolute atomic E-state index is 13.0. The number of H-pyrrole nitrogens is 2. The van der Waals surface area contributed by atoms with Gasteiger partial charge in [-0.2, -0.15) is 0 Å². The summed E-state index contributed by atoms with van der Waals surface area (Å²) in [6.45, 7) is 2.72. The lowest BCUT2D eigenvalue weighted by Gasteiger charge is -2.01. The SMILES string of the molecule is CCCCn1c(=O)n2nc(Cc3ccc(OC)cc3)nc2c2[nH]c(Br)[nH+]c21. The van der Waals surface area contributed by atoms with Gasteiger partial charge in [0, 0.05) is 22.4 Å². The average molecular weight is 432 g/mol. The molecule has 0 aliphatic carbocycles. The fraction of sp³-hybridized carbons (Fsp3) is 0.333. The lowest BCUT2D eigenvalue weighted by molar-refractivity contribution is -0.364. The highest BCUT2D eigenvalue weighted by molar-refractivity contribution is 9.10. The molecule has 0 atom stereocenters. The molecule has 0 bridgehead atoms. The smallest absolute Gasteiger partial charge is 0.409 e. The molecule has 0 saturated heterocycles. The number of aromatic nitrogens is 6. The van der Waals surface area contributed by atoms with Gasteiger partial charge in [-0.1, -0.05) is 25.5 Å². The van der Waals surface area contributed by atoms with Crippen LogP contribution in [0.5, 0.6) is 5.75 Å². The molecule has 4 aromatic rings. The maximum atomic E-state index is 13.0. The minimum atomic E-state index is -0.192. The number of hydrogen-bond donors (Lipinski definition) is 1. The van der Waals surface area contributed by atoms with Gasteiger partial charge in [-0.25, -0.2) is 19.3 Å². The van der Waals surface area contributed by atoms with E-state index in [0.29, 0.717) is 29.2 Å². The standard InChI is InChI=1S/C18H19BrN6O2/c1-3-4-9-24-15-14(21-17(19)22-15)16-20-13(23-25(16)18(24)26)10-11-5-7-12(27-2)8-6-11/h5-8H,3-4,9-10H2,1-2H3,(H,21,22)/p+1. The topological polar surface area (TPSA) is 91.4 Å². The first-order valence-corrected chi connectivity index (χ1v) is 9.62. The number of nitrogens with zero attached hydrogens (tertiary/aromatic N) is 4. The summed E-state index contributed by atoms with van der Waals surface area (Å²) in [4.78, 5) is 23.9. The van der Waals surface area contributed by atoms with Crippen molar-refractivity contribution in [3.05, 3.63) is 50.9 Å². The Kier molecular flexibility index (Phi) is 4.69. The third-order valence-corrected chi connectivity index (χ3v) is 4.91. The molecule has 0 spiro atoms. The zero-order valence-corrected chi connectivity index (χ0v) is 16.7. The van der Waals surface area contributed by atoms with Crippen molar-refractivity contribution >= 4 is 32.7 Å². The first kappa shape index (κ1) is 17.7. The molecule has 9 heteroatoms. The van der Waals surface area contributed by atoms with Crippen LogP contribution in [-0.2, 0) is 13.0 Å². The largest absolute Gasteiger partial charge is 0.497 e. The lowest BCUT2D eigenvalue weighted by Crippen LogP contribution is -2.30. The van der Waals surface area contributed by atoms with Gasteiger partial charge in [-0.15, -0.1) is 9.61 Å². The Labute approximate surface area is 163 Å². The fourth-order valence-corrected chi connectivity index (χ4v) is 3.50. The molecule has 0 amide bonds. The number of aromatic amines is 2. The third-order valence-electron chi connectivity index (χ3n) is 4.51. The van der Waals surface area contributed by atoms with Crippen molar-refractivity contribution in [3.8, 4) is 5.75 Å². The summed E-state index contributed by atoms with van der Waals surface area (Å²) in [6.07, 6.45) is 2.44. The van der Waals surface area contributed by atoms with Crippen molar-refractivity contribution in [3.63, 3.8) is 0 Å². The van der Waals surface area contributed by atoms with Crippen LogP contribution in [0.2, 0.25) is 0 Å². The number of benzene rings is 1. The summed E-state index contributed by atoms with van der Waals surface area (Å²) >= 11 is 3.42. The van der Waals surface area contributed by atoms with Crippen LogP contribution in [0.1, 0.15) is 31.2 Å². The number of nitrogens with one attached hydrogen (secondary N) is 2. The van der Waals surface area contributed by atoms with E-state index in [-0.39, 0.29) is 5.69 Å². The van der Waals surface area contributed by atoms with Crippen LogP contribution in [0.15, 0.2) is 33.8 Å². The number of imidazole rings is 1. The second-order valence-electron chi connectivity index (χ2n) is 6.36. The highest BCUT2D eigenvalue weighted by Crippen LogP contribution is 2.17. The molecule has 1 aromatic carbocycles. The van der Waals surface area contributed by atoms with Crippen molar-refractivity contribution < 1.29 is 9.72 Å². The Hall–Kier alpha value is -2.68. The fourth-order valence-electron chi connectivity index (χ4n) is 3.12. The summed E-state index contributed by atoms with van der Waals surface area (Å²) in [5.41, 5.74) is 2.85. The normalized spacial score (nSPS) is 11.5. The van der Waals surface area contributed by atoms with E-state index < -0.39 is 0 Å². The van der Waals surface area contributed by atoms with Gasteiger partial charge in [0.15, 0.2) is 5.82 Å². The summed E-state index contributed by atoms with van der Waals surface area (Å²) in [5.74, 6) is 1.39. The van der Waals surface area contributed by atoms with Gasteiger partial charge in [0.25, 0.3) is 10.4 Å². The van der Waals surface area contributed by atoms with Crippen LogP contribution in [-0.4, -0.2) is 31.3 Å². The minimum absolute atomic E-state index is 0.192. The molecule has 4 rings (SSSR count). The number of halogens is 1. The molecule has 27 heavy (non-hydrogen) atoms. The Morgan fingerprint density at radius 2 is 2.07 bits per heavy atom. The van der Waals surface area contributed by atoms with Gasteiger partial charge >= 0.3 is 5.69 Å². The van der Waals surface area contributed by atoms with Crippen LogP contribution in [0.25, 0.3) is 16.8 Å². The predicted octanol–water partition coefficient (Wildman–Crippen LogP) is 2.35. The lowest BCUT2D eigenvalue weighted by atomic mass is 10.1. The Morgan fingerprint density at radius 1 is 1.30 bits per heavy atom. The molecule has 3 aromatic heterocycles. The quantitative estimate of drug-likeness (QED) is 0.474. The number of methoxy groups -OCH3 is 1. The minimum Gasteiger partial charge on any atom is -0.497 e. The van der Waals surface area contributed by atoms with Gasteiger partial charge in [0.05, 0.1) is 13.7 Å². The predicted molar refractivity (Wildman–Crippen MR) is 104 cm³/mol. The highest BCUT2D eigenvalue weighted by Gasteiger charge is 2.22. The van der Waals surface area contributed by atoms with Gasteiger partial charge < -0.3 is 4.74 Å². The van der Waals surface area contributed by atoms with E-state index >= 15 is 0 Å². The molecule has 0 saturated carbocycles. The van der Waals surface area contributed by atoms with Gasteiger partial charge in [0.1, 0.15) is 5.75 Å². The van der Waals surface area contributed by atoms with Gasteiger partial charge in [-0.05, 0) is 24.1 Å². The second-order valence-corrected chi connectivity index (χ2v) is 7.16. The second kappa shape index (κ2) is 7.15. The van der Waals surface area contributed by atoms with Crippen molar-refractivity contribution in [2.75, 3.05) is 7.11 Å². The van der Waals surface area contributed by atoms with E-state index in [1.807, 2.05) is 24.3 Å². The molecule has 0 aliphatic heterocycles. The van der Waals surface area contributed by atoms with Gasteiger partial charge in [-0.3, -0.25) is 4.98 Å².